The Bertz CT molecular complexity index is 327. The summed E-state index contributed by atoms with van der Waals surface area (Å²) in [6, 6.07) is 3.03. The molecule has 1 rings (SSSR count). The molecule has 0 aliphatic carbocycles. The number of pyridine rings is 1. The van der Waals surface area contributed by atoms with Gasteiger partial charge in [-0.3, -0.25) is 0 Å². The van der Waals surface area contributed by atoms with Gasteiger partial charge in [-0.15, -0.1) is 0 Å². The highest BCUT2D eigenvalue weighted by Gasteiger charge is 2.12. The number of carbonyl (C=O) groups is 1. The largest absolute Gasteiger partial charge is 0.464 e. The number of hydrogen-bond acceptors (Lipinski definition) is 4. The molecule has 13 heavy (non-hydrogen) atoms. The number of rotatable bonds is 2. The summed E-state index contributed by atoms with van der Waals surface area (Å²) in [6.07, 6.45) is 0. The Morgan fingerprint density at radius 3 is 2.92 bits per heavy atom. The second-order valence-electron chi connectivity index (χ2n) is 2.28. The van der Waals surface area contributed by atoms with Crippen molar-refractivity contribution in [3.63, 3.8) is 0 Å². The molecule has 0 saturated heterocycles. The van der Waals surface area contributed by atoms with Crippen molar-refractivity contribution in [3.05, 3.63) is 28.5 Å². The first-order valence-corrected chi connectivity index (χ1v) is 3.91. The zero-order chi connectivity index (χ0) is 9.84. The van der Waals surface area contributed by atoms with Crippen molar-refractivity contribution in [1.82, 2.24) is 4.98 Å². The van der Waals surface area contributed by atoms with E-state index in [0.29, 0.717) is 5.69 Å². The number of esters is 1. The Balaban J connectivity index is 3.11. The molecule has 0 fully saturated rings. The molecule has 1 aromatic heterocycles. The second kappa shape index (κ2) is 4.20. The summed E-state index contributed by atoms with van der Waals surface area (Å²) in [7, 11) is 1.24. The van der Waals surface area contributed by atoms with Gasteiger partial charge in [-0.25, -0.2) is 9.78 Å². The van der Waals surface area contributed by atoms with Crippen LogP contribution in [-0.4, -0.2) is 23.2 Å². The zero-order valence-electron chi connectivity index (χ0n) is 6.95. The number of methoxy groups -OCH3 is 1. The maximum absolute atomic E-state index is 11.1. The molecular formula is C8H8ClNO3. The SMILES string of the molecule is COC(=O)c1nc(CO)ccc1Cl. The number of aromatic nitrogens is 1. The van der Waals surface area contributed by atoms with E-state index in [1.165, 1.54) is 19.2 Å². The third kappa shape index (κ3) is 2.17. The monoisotopic (exact) mass is 201 g/mol. The number of aliphatic hydroxyl groups excluding tert-OH is 1. The Kier molecular flexibility index (Phi) is 3.22. The van der Waals surface area contributed by atoms with Crippen molar-refractivity contribution < 1.29 is 14.6 Å². The molecule has 0 unspecified atom stereocenters. The second-order valence-corrected chi connectivity index (χ2v) is 2.69. The van der Waals surface area contributed by atoms with Gasteiger partial charge in [0.2, 0.25) is 0 Å². The van der Waals surface area contributed by atoms with E-state index in [1.54, 1.807) is 0 Å². The third-order valence-electron chi connectivity index (χ3n) is 1.44. The lowest BCUT2D eigenvalue weighted by Gasteiger charge is -2.02. The number of carbonyl (C=O) groups excluding carboxylic acids is 1. The standard InChI is InChI=1S/C8H8ClNO3/c1-13-8(12)7-6(9)3-2-5(4-11)10-7/h2-3,11H,4H2,1H3. The third-order valence-corrected chi connectivity index (χ3v) is 1.75. The smallest absolute Gasteiger partial charge is 0.358 e. The summed E-state index contributed by atoms with van der Waals surface area (Å²) in [6.45, 7) is -0.235. The van der Waals surface area contributed by atoms with Gasteiger partial charge in [0.1, 0.15) is 0 Å². The Labute approximate surface area is 80.1 Å². The van der Waals surface area contributed by atoms with E-state index in [-0.39, 0.29) is 17.3 Å². The molecular weight excluding hydrogens is 194 g/mol. The number of hydrogen-bond donors (Lipinski definition) is 1. The molecule has 1 heterocycles. The number of nitrogens with zero attached hydrogens (tertiary/aromatic N) is 1. The summed E-state index contributed by atoms with van der Waals surface area (Å²) in [5.74, 6) is -0.611. The summed E-state index contributed by atoms with van der Waals surface area (Å²) in [5.41, 5.74) is 0.403. The zero-order valence-corrected chi connectivity index (χ0v) is 7.71. The first kappa shape index (κ1) is 9.95. The van der Waals surface area contributed by atoms with Crippen molar-refractivity contribution >= 4 is 17.6 Å². The number of ether oxygens (including phenoxy) is 1. The minimum atomic E-state index is -0.611. The molecule has 0 aliphatic heterocycles. The lowest BCUT2D eigenvalue weighted by atomic mass is 10.3. The Morgan fingerprint density at radius 1 is 1.69 bits per heavy atom. The van der Waals surface area contributed by atoms with E-state index in [9.17, 15) is 4.79 Å². The van der Waals surface area contributed by atoms with Crippen LogP contribution in [0.4, 0.5) is 0 Å². The van der Waals surface area contributed by atoms with Crippen LogP contribution in [0.15, 0.2) is 12.1 Å². The molecule has 0 aromatic carbocycles. The van der Waals surface area contributed by atoms with Gasteiger partial charge >= 0.3 is 5.97 Å². The average Bonchev–Trinajstić information content (AvgIpc) is 2.17. The molecule has 0 bridgehead atoms. The van der Waals surface area contributed by atoms with Crippen molar-refractivity contribution in [2.24, 2.45) is 0 Å². The maximum atomic E-state index is 11.1. The van der Waals surface area contributed by atoms with E-state index in [1.807, 2.05) is 0 Å². The van der Waals surface area contributed by atoms with Gasteiger partial charge in [-0.05, 0) is 12.1 Å². The highest BCUT2D eigenvalue weighted by Crippen LogP contribution is 2.14. The average molecular weight is 202 g/mol. The van der Waals surface area contributed by atoms with Crippen LogP contribution in [0.3, 0.4) is 0 Å². The minimum Gasteiger partial charge on any atom is -0.464 e. The van der Waals surface area contributed by atoms with Crippen LogP contribution in [0.1, 0.15) is 16.2 Å². The molecule has 1 N–H and O–H groups in total. The predicted octanol–water partition coefficient (Wildman–Crippen LogP) is 1.01. The van der Waals surface area contributed by atoms with Gasteiger partial charge < -0.3 is 9.84 Å². The molecule has 0 saturated carbocycles. The molecule has 0 radical (unpaired) electrons. The van der Waals surface area contributed by atoms with E-state index in [4.69, 9.17) is 16.7 Å². The van der Waals surface area contributed by atoms with Crippen molar-refractivity contribution in [3.8, 4) is 0 Å². The topological polar surface area (TPSA) is 59.4 Å². The fraction of sp³-hybridized carbons (Fsp3) is 0.250. The van der Waals surface area contributed by atoms with Gasteiger partial charge in [0, 0.05) is 0 Å². The molecule has 0 aliphatic rings. The number of aliphatic hydroxyl groups is 1. The van der Waals surface area contributed by atoms with Gasteiger partial charge in [0.05, 0.1) is 24.4 Å². The Hall–Kier alpha value is -1.13. The maximum Gasteiger partial charge on any atom is 0.358 e. The summed E-state index contributed by atoms with van der Waals surface area (Å²) < 4.78 is 4.45. The quantitative estimate of drug-likeness (QED) is 0.726. The van der Waals surface area contributed by atoms with Gasteiger partial charge in [0.15, 0.2) is 5.69 Å². The highest BCUT2D eigenvalue weighted by atomic mass is 35.5. The number of halogens is 1. The molecule has 0 atom stereocenters. The first-order chi connectivity index (χ1) is 6.19. The van der Waals surface area contributed by atoms with Gasteiger partial charge in [-0.2, -0.15) is 0 Å². The first-order valence-electron chi connectivity index (χ1n) is 3.53. The van der Waals surface area contributed by atoms with E-state index in [0.717, 1.165) is 0 Å². The van der Waals surface area contributed by atoms with Crippen LogP contribution in [0.25, 0.3) is 0 Å². The van der Waals surface area contributed by atoms with Crippen LogP contribution < -0.4 is 0 Å². The van der Waals surface area contributed by atoms with E-state index in [2.05, 4.69) is 9.72 Å². The molecule has 0 spiro atoms. The fourth-order valence-electron chi connectivity index (χ4n) is 0.810. The molecule has 4 nitrogen and oxygen atoms in total. The van der Waals surface area contributed by atoms with Crippen LogP contribution in [0, 0.1) is 0 Å². The van der Waals surface area contributed by atoms with Crippen molar-refractivity contribution in [2.75, 3.05) is 7.11 Å². The van der Waals surface area contributed by atoms with Crippen LogP contribution in [0.5, 0.6) is 0 Å². The lowest BCUT2D eigenvalue weighted by Crippen LogP contribution is -2.06. The molecule has 1 aromatic rings. The Morgan fingerprint density at radius 2 is 2.38 bits per heavy atom. The summed E-state index contributed by atoms with van der Waals surface area (Å²) >= 11 is 5.68. The van der Waals surface area contributed by atoms with E-state index >= 15 is 0 Å². The normalized spacial score (nSPS) is 9.77. The molecule has 5 heteroatoms. The van der Waals surface area contributed by atoms with Crippen LogP contribution >= 0.6 is 11.6 Å². The van der Waals surface area contributed by atoms with Crippen molar-refractivity contribution in [1.29, 1.82) is 0 Å². The summed E-state index contributed by atoms with van der Waals surface area (Å²) in [5, 5.41) is 8.96. The molecule has 70 valence electrons. The highest BCUT2D eigenvalue weighted by molar-refractivity contribution is 6.33. The van der Waals surface area contributed by atoms with Gasteiger partial charge in [0.25, 0.3) is 0 Å². The lowest BCUT2D eigenvalue weighted by molar-refractivity contribution is 0.0593. The van der Waals surface area contributed by atoms with Crippen LogP contribution in [-0.2, 0) is 11.3 Å². The van der Waals surface area contributed by atoms with Crippen molar-refractivity contribution in [2.45, 2.75) is 6.61 Å². The van der Waals surface area contributed by atoms with Gasteiger partial charge in [-0.1, -0.05) is 11.6 Å². The van der Waals surface area contributed by atoms with E-state index < -0.39 is 5.97 Å². The van der Waals surface area contributed by atoms with Crippen LogP contribution in [0.2, 0.25) is 5.02 Å². The fourth-order valence-corrected chi connectivity index (χ4v) is 0.993. The minimum absolute atomic E-state index is 0.0238. The summed E-state index contributed by atoms with van der Waals surface area (Å²) in [4.78, 5) is 14.9. The molecule has 0 amide bonds. The predicted molar refractivity (Wildman–Crippen MR) is 46.5 cm³/mol.